The van der Waals surface area contributed by atoms with Crippen molar-refractivity contribution in [2.75, 3.05) is 18.5 Å². The topological polar surface area (TPSA) is 59.5 Å². The highest BCUT2D eigenvalue weighted by atomic mass is 16.4. The van der Waals surface area contributed by atoms with Gasteiger partial charge in [-0.2, -0.15) is 0 Å². The van der Waals surface area contributed by atoms with Gasteiger partial charge < -0.3 is 10.2 Å². The van der Waals surface area contributed by atoms with Crippen molar-refractivity contribution in [3.05, 3.63) is 17.9 Å². The number of furan rings is 1. The molecule has 0 spiro atoms. The van der Waals surface area contributed by atoms with Crippen LogP contribution in [0.1, 0.15) is 37.9 Å². The molecule has 1 aliphatic rings. The van der Waals surface area contributed by atoms with E-state index in [1.807, 2.05) is 19.1 Å². The smallest absolute Gasteiger partial charge is 0.232 e. The summed E-state index contributed by atoms with van der Waals surface area (Å²) in [6.45, 7) is 2.65. The SMILES string of the molecule is Cc1ccc(N(C)C(=O)C2CCC(CCN)CC2)o1. The third-order valence-electron chi connectivity index (χ3n) is 4.16. The summed E-state index contributed by atoms with van der Waals surface area (Å²) in [6.07, 6.45) is 5.30. The second-order valence-electron chi connectivity index (χ2n) is 5.58. The molecule has 1 aromatic heterocycles. The van der Waals surface area contributed by atoms with Crippen molar-refractivity contribution < 1.29 is 9.21 Å². The van der Waals surface area contributed by atoms with Gasteiger partial charge in [-0.3, -0.25) is 9.69 Å². The molecule has 2 rings (SSSR count). The number of carbonyl (C=O) groups excluding carboxylic acids is 1. The summed E-state index contributed by atoms with van der Waals surface area (Å²) >= 11 is 0. The van der Waals surface area contributed by atoms with E-state index in [9.17, 15) is 4.79 Å². The predicted octanol–water partition coefficient (Wildman–Crippen LogP) is 2.71. The average Bonchev–Trinajstić information content (AvgIpc) is 2.85. The normalized spacial score (nSPS) is 23.3. The first-order valence-electron chi connectivity index (χ1n) is 7.16. The predicted molar refractivity (Wildman–Crippen MR) is 76.0 cm³/mol. The van der Waals surface area contributed by atoms with Gasteiger partial charge in [0.1, 0.15) is 5.76 Å². The van der Waals surface area contributed by atoms with E-state index >= 15 is 0 Å². The Morgan fingerprint density at radius 2 is 2.05 bits per heavy atom. The van der Waals surface area contributed by atoms with Crippen LogP contribution in [-0.4, -0.2) is 19.5 Å². The minimum absolute atomic E-state index is 0.143. The van der Waals surface area contributed by atoms with Gasteiger partial charge in [0.05, 0.1) is 0 Å². The van der Waals surface area contributed by atoms with E-state index < -0.39 is 0 Å². The first kappa shape index (κ1) is 14.1. The summed E-state index contributed by atoms with van der Waals surface area (Å²) in [5.41, 5.74) is 5.59. The van der Waals surface area contributed by atoms with Crippen molar-refractivity contribution in [2.45, 2.75) is 39.0 Å². The van der Waals surface area contributed by atoms with Crippen LogP contribution in [0.2, 0.25) is 0 Å². The number of aryl methyl sites for hydroxylation is 1. The number of hydrogen-bond donors (Lipinski definition) is 1. The van der Waals surface area contributed by atoms with Gasteiger partial charge >= 0.3 is 0 Å². The summed E-state index contributed by atoms with van der Waals surface area (Å²) in [5, 5.41) is 0. The molecule has 0 atom stereocenters. The van der Waals surface area contributed by atoms with Crippen molar-refractivity contribution in [1.29, 1.82) is 0 Å². The monoisotopic (exact) mass is 264 g/mol. The molecule has 1 aromatic rings. The maximum atomic E-state index is 12.4. The van der Waals surface area contributed by atoms with Gasteiger partial charge in [0.15, 0.2) is 0 Å². The molecule has 0 bridgehead atoms. The molecule has 0 unspecified atom stereocenters. The summed E-state index contributed by atoms with van der Waals surface area (Å²) < 4.78 is 5.51. The zero-order valence-electron chi connectivity index (χ0n) is 11.9. The molecule has 1 fully saturated rings. The molecule has 1 amide bonds. The Labute approximate surface area is 114 Å². The molecule has 0 saturated heterocycles. The lowest BCUT2D eigenvalue weighted by atomic mass is 9.80. The van der Waals surface area contributed by atoms with Crippen LogP contribution in [0.3, 0.4) is 0 Å². The van der Waals surface area contributed by atoms with E-state index in [2.05, 4.69) is 0 Å². The van der Waals surface area contributed by atoms with Crippen LogP contribution >= 0.6 is 0 Å². The number of nitrogens with zero attached hydrogens (tertiary/aromatic N) is 1. The fraction of sp³-hybridized carbons (Fsp3) is 0.667. The maximum Gasteiger partial charge on any atom is 0.232 e. The van der Waals surface area contributed by atoms with Gasteiger partial charge in [-0.1, -0.05) is 0 Å². The standard InChI is InChI=1S/C15H24N2O2/c1-11-3-8-14(19-11)17(2)15(18)13-6-4-12(5-7-13)9-10-16/h3,8,12-13H,4-7,9-10,16H2,1-2H3. The van der Waals surface area contributed by atoms with Crippen LogP contribution in [0.25, 0.3) is 0 Å². The van der Waals surface area contributed by atoms with Gasteiger partial charge in [0.2, 0.25) is 11.8 Å². The molecule has 4 heteroatoms. The molecule has 0 radical (unpaired) electrons. The average molecular weight is 264 g/mol. The van der Waals surface area contributed by atoms with E-state index in [0.717, 1.165) is 44.4 Å². The van der Waals surface area contributed by atoms with Crippen LogP contribution < -0.4 is 10.6 Å². The molecular weight excluding hydrogens is 240 g/mol. The number of nitrogens with two attached hydrogens (primary N) is 1. The van der Waals surface area contributed by atoms with Crippen molar-refractivity contribution in [3.63, 3.8) is 0 Å². The first-order chi connectivity index (χ1) is 9.11. The lowest BCUT2D eigenvalue weighted by Crippen LogP contribution is -2.35. The Kier molecular flexibility index (Phi) is 4.64. The number of hydrogen-bond acceptors (Lipinski definition) is 3. The second kappa shape index (κ2) is 6.24. The van der Waals surface area contributed by atoms with Crippen molar-refractivity contribution in [1.82, 2.24) is 0 Å². The van der Waals surface area contributed by atoms with Gasteiger partial charge in [-0.05, 0) is 57.6 Å². The molecule has 1 saturated carbocycles. The van der Waals surface area contributed by atoms with Gasteiger partial charge in [-0.15, -0.1) is 0 Å². The summed E-state index contributed by atoms with van der Waals surface area (Å²) in [5.74, 6) is 2.52. The van der Waals surface area contributed by atoms with Crippen LogP contribution in [0.4, 0.5) is 5.88 Å². The fourth-order valence-electron chi connectivity index (χ4n) is 2.92. The van der Waals surface area contributed by atoms with E-state index in [0.29, 0.717) is 11.8 Å². The van der Waals surface area contributed by atoms with Crippen molar-refractivity contribution in [3.8, 4) is 0 Å². The molecule has 0 aliphatic heterocycles. The van der Waals surface area contributed by atoms with E-state index in [1.165, 1.54) is 0 Å². The molecule has 4 nitrogen and oxygen atoms in total. The van der Waals surface area contributed by atoms with Crippen LogP contribution in [-0.2, 0) is 4.79 Å². The van der Waals surface area contributed by atoms with E-state index in [-0.39, 0.29) is 11.8 Å². The summed E-state index contributed by atoms with van der Waals surface area (Å²) in [4.78, 5) is 14.1. The zero-order chi connectivity index (χ0) is 13.8. The zero-order valence-corrected chi connectivity index (χ0v) is 11.9. The van der Waals surface area contributed by atoms with Crippen LogP contribution in [0, 0.1) is 18.8 Å². The largest absolute Gasteiger partial charge is 0.445 e. The molecule has 2 N–H and O–H groups in total. The quantitative estimate of drug-likeness (QED) is 0.909. The molecule has 106 valence electrons. The van der Waals surface area contributed by atoms with E-state index in [1.54, 1.807) is 11.9 Å². The third-order valence-corrected chi connectivity index (χ3v) is 4.16. The third kappa shape index (κ3) is 3.38. The molecular formula is C15H24N2O2. The minimum Gasteiger partial charge on any atom is -0.445 e. The lowest BCUT2D eigenvalue weighted by Gasteiger charge is -2.29. The van der Waals surface area contributed by atoms with E-state index in [4.69, 9.17) is 10.2 Å². The first-order valence-corrected chi connectivity index (χ1v) is 7.16. The van der Waals surface area contributed by atoms with Crippen molar-refractivity contribution in [2.24, 2.45) is 17.6 Å². The molecule has 19 heavy (non-hydrogen) atoms. The number of rotatable bonds is 4. The van der Waals surface area contributed by atoms with Crippen LogP contribution in [0.15, 0.2) is 16.5 Å². The Balaban J connectivity index is 1.90. The minimum atomic E-state index is 0.143. The molecule has 1 heterocycles. The highest BCUT2D eigenvalue weighted by Gasteiger charge is 2.29. The summed E-state index contributed by atoms with van der Waals surface area (Å²) in [6, 6.07) is 3.74. The van der Waals surface area contributed by atoms with Crippen LogP contribution in [0.5, 0.6) is 0 Å². The van der Waals surface area contributed by atoms with Gasteiger partial charge in [-0.25, -0.2) is 0 Å². The number of anilines is 1. The van der Waals surface area contributed by atoms with Gasteiger partial charge in [0.25, 0.3) is 0 Å². The maximum absolute atomic E-state index is 12.4. The Morgan fingerprint density at radius 1 is 1.37 bits per heavy atom. The van der Waals surface area contributed by atoms with Crippen molar-refractivity contribution >= 4 is 11.8 Å². The van der Waals surface area contributed by atoms with Gasteiger partial charge in [0, 0.05) is 19.0 Å². The number of carbonyl (C=O) groups is 1. The molecule has 1 aliphatic carbocycles. The Morgan fingerprint density at radius 3 is 2.58 bits per heavy atom. The fourth-order valence-corrected chi connectivity index (χ4v) is 2.92. The summed E-state index contributed by atoms with van der Waals surface area (Å²) in [7, 11) is 1.80. The Hall–Kier alpha value is -1.29. The number of amides is 1. The highest BCUT2D eigenvalue weighted by molar-refractivity contribution is 5.93. The Bertz CT molecular complexity index is 420. The molecule has 0 aromatic carbocycles. The lowest BCUT2D eigenvalue weighted by molar-refractivity contribution is -0.123. The highest BCUT2D eigenvalue weighted by Crippen LogP contribution is 2.32. The second-order valence-corrected chi connectivity index (χ2v) is 5.58.